The van der Waals surface area contributed by atoms with Gasteiger partial charge in [-0.2, -0.15) is 0 Å². The summed E-state index contributed by atoms with van der Waals surface area (Å²) < 4.78 is 13.7. The molecule has 2 atom stereocenters. The first-order valence-corrected chi connectivity index (χ1v) is 5.16. The second-order valence-corrected chi connectivity index (χ2v) is 4.33. The lowest BCUT2D eigenvalue weighted by Crippen LogP contribution is -2.39. The second-order valence-electron chi connectivity index (χ2n) is 3.90. The molecule has 14 heavy (non-hydrogen) atoms. The maximum atomic E-state index is 13.7. The molecule has 0 amide bonds. The fraction of sp³-hybridized carbons (Fsp3) is 0.455. The van der Waals surface area contributed by atoms with Gasteiger partial charge in [0, 0.05) is 5.02 Å². The minimum atomic E-state index is -0.832. The molecule has 76 valence electrons. The molecule has 0 aromatic heterocycles. The number of halogens is 2. The highest BCUT2D eigenvalue weighted by Gasteiger charge is 2.40. The van der Waals surface area contributed by atoms with Crippen LogP contribution in [0.2, 0.25) is 5.02 Å². The summed E-state index contributed by atoms with van der Waals surface area (Å²) in [4.78, 5) is 0. The van der Waals surface area contributed by atoms with Crippen LogP contribution in [-0.2, 0) is 5.54 Å². The van der Waals surface area contributed by atoms with E-state index in [2.05, 4.69) is 5.32 Å². The second kappa shape index (κ2) is 3.52. The number of rotatable bonds is 1. The zero-order valence-electron chi connectivity index (χ0n) is 8.06. The Labute approximate surface area is 88.3 Å². The number of alkyl halides is 1. The van der Waals surface area contributed by atoms with Crippen LogP contribution in [0.15, 0.2) is 24.3 Å². The van der Waals surface area contributed by atoms with Gasteiger partial charge in [-0.05, 0) is 37.6 Å². The summed E-state index contributed by atoms with van der Waals surface area (Å²) in [6, 6.07) is 7.40. The first kappa shape index (κ1) is 9.94. The number of benzene rings is 1. The minimum Gasteiger partial charge on any atom is -0.305 e. The molecule has 0 spiro atoms. The lowest BCUT2D eigenvalue weighted by atomic mass is 9.89. The molecule has 1 aromatic carbocycles. The predicted molar refractivity (Wildman–Crippen MR) is 56.3 cm³/mol. The summed E-state index contributed by atoms with van der Waals surface area (Å²) in [5, 5.41) is 3.85. The number of nitrogens with one attached hydrogen (secondary N) is 1. The van der Waals surface area contributed by atoms with Gasteiger partial charge >= 0.3 is 0 Å². The Morgan fingerprint density at radius 3 is 2.93 bits per heavy atom. The summed E-state index contributed by atoms with van der Waals surface area (Å²) in [6.45, 7) is 2.61. The SMILES string of the molecule is CC1(c2cccc(Cl)c2)NCCC1F. The topological polar surface area (TPSA) is 12.0 Å². The van der Waals surface area contributed by atoms with Crippen LogP contribution in [0, 0.1) is 0 Å². The third-order valence-electron chi connectivity index (χ3n) is 2.94. The highest BCUT2D eigenvalue weighted by molar-refractivity contribution is 6.30. The third-order valence-corrected chi connectivity index (χ3v) is 3.18. The third kappa shape index (κ3) is 1.53. The van der Waals surface area contributed by atoms with Crippen LogP contribution in [0.4, 0.5) is 4.39 Å². The van der Waals surface area contributed by atoms with Crippen molar-refractivity contribution in [3.8, 4) is 0 Å². The molecule has 2 rings (SSSR count). The normalized spacial score (nSPS) is 32.1. The van der Waals surface area contributed by atoms with Gasteiger partial charge in [0.2, 0.25) is 0 Å². The quantitative estimate of drug-likeness (QED) is 0.757. The fourth-order valence-corrected chi connectivity index (χ4v) is 2.14. The Morgan fingerprint density at radius 1 is 1.57 bits per heavy atom. The van der Waals surface area contributed by atoms with Crippen molar-refractivity contribution in [2.45, 2.75) is 25.1 Å². The Hall–Kier alpha value is -0.600. The summed E-state index contributed by atoms with van der Waals surface area (Å²) >= 11 is 5.88. The fourth-order valence-electron chi connectivity index (χ4n) is 1.95. The molecule has 1 fully saturated rings. The lowest BCUT2D eigenvalue weighted by Gasteiger charge is -2.27. The van der Waals surface area contributed by atoms with Gasteiger partial charge in [0.1, 0.15) is 6.17 Å². The molecule has 1 aromatic rings. The van der Waals surface area contributed by atoms with Gasteiger partial charge in [-0.3, -0.25) is 0 Å². The van der Waals surface area contributed by atoms with Crippen molar-refractivity contribution in [3.05, 3.63) is 34.9 Å². The predicted octanol–water partition coefficient (Wildman–Crippen LogP) is 2.89. The van der Waals surface area contributed by atoms with Gasteiger partial charge in [0.25, 0.3) is 0 Å². The molecule has 0 saturated carbocycles. The van der Waals surface area contributed by atoms with E-state index in [9.17, 15) is 4.39 Å². The monoisotopic (exact) mass is 213 g/mol. The highest BCUT2D eigenvalue weighted by Crippen LogP contribution is 2.33. The lowest BCUT2D eigenvalue weighted by molar-refractivity contribution is 0.220. The van der Waals surface area contributed by atoms with E-state index in [1.807, 2.05) is 25.1 Å². The zero-order chi connectivity index (χ0) is 10.2. The van der Waals surface area contributed by atoms with Crippen LogP contribution in [0.3, 0.4) is 0 Å². The van der Waals surface area contributed by atoms with E-state index in [1.165, 1.54) is 0 Å². The molecule has 0 bridgehead atoms. The molecule has 1 aliphatic rings. The van der Waals surface area contributed by atoms with Gasteiger partial charge in [-0.15, -0.1) is 0 Å². The molecular formula is C11H13ClFN. The van der Waals surface area contributed by atoms with Gasteiger partial charge in [-0.25, -0.2) is 4.39 Å². The Kier molecular flexibility index (Phi) is 2.50. The van der Waals surface area contributed by atoms with E-state index in [1.54, 1.807) is 6.07 Å². The van der Waals surface area contributed by atoms with E-state index in [0.29, 0.717) is 11.4 Å². The minimum absolute atomic E-state index is 0.565. The standard InChI is InChI=1S/C11H13ClFN/c1-11(10(13)5-6-14-11)8-3-2-4-9(12)7-8/h2-4,7,10,14H,5-6H2,1H3. The molecule has 2 unspecified atom stereocenters. The smallest absolute Gasteiger partial charge is 0.123 e. The van der Waals surface area contributed by atoms with Crippen molar-refractivity contribution in [1.82, 2.24) is 5.32 Å². The van der Waals surface area contributed by atoms with Gasteiger partial charge in [-0.1, -0.05) is 23.7 Å². The van der Waals surface area contributed by atoms with Crippen molar-refractivity contribution < 1.29 is 4.39 Å². The van der Waals surface area contributed by atoms with Crippen LogP contribution in [-0.4, -0.2) is 12.7 Å². The molecule has 1 nitrogen and oxygen atoms in total. The van der Waals surface area contributed by atoms with Crippen LogP contribution in [0.5, 0.6) is 0 Å². The number of hydrogen-bond donors (Lipinski definition) is 1. The van der Waals surface area contributed by atoms with Crippen LogP contribution in [0.1, 0.15) is 18.9 Å². The van der Waals surface area contributed by atoms with E-state index in [-0.39, 0.29) is 0 Å². The van der Waals surface area contributed by atoms with Crippen molar-refractivity contribution >= 4 is 11.6 Å². The van der Waals surface area contributed by atoms with Crippen molar-refractivity contribution in [1.29, 1.82) is 0 Å². The first-order valence-electron chi connectivity index (χ1n) is 4.78. The van der Waals surface area contributed by atoms with E-state index >= 15 is 0 Å². The van der Waals surface area contributed by atoms with Crippen molar-refractivity contribution in [2.75, 3.05) is 6.54 Å². The van der Waals surface area contributed by atoms with Gasteiger partial charge in [0.05, 0.1) is 5.54 Å². The van der Waals surface area contributed by atoms with Crippen molar-refractivity contribution in [3.63, 3.8) is 0 Å². The molecular weight excluding hydrogens is 201 g/mol. The summed E-state index contributed by atoms with van der Waals surface area (Å²) in [5.41, 5.74) is 0.361. The van der Waals surface area contributed by atoms with Gasteiger partial charge < -0.3 is 5.32 Å². The number of hydrogen-bond acceptors (Lipinski definition) is 1. The first-order chi connectivity index (χ1) is 6.63. The molecule has 0 aliphatic carbocycles. The maximum Gasteiger partial charge on any atom is 0.123 e. The molecule has 3 heteroatoms. The maximum absolute atomic E-state index is 13.7. The summed E-state index contributed by atoms with van der Waals surface area (Å²) in [6.07, 6.45) is -0.260. The Balaban J connectivity index is 2.38. The Morgan fingerprint density at radius 2 is 2.36 bits per heavy atom. The molecule has 1 saturated heterocycles. The molecule has 1 heterocycles. The van der Waals surface area contributed by atoms with E-state index in [4.69, 9.17) is 11.6 Å². The zero-order valence-corrected chi connectivity index (χ0v) is 8.81. The van der Waals surface area contributed by atoms with Crippen LogP contribution >= 0.6 is 11.6 Å². The largest absolute Gasteiger partial charge is 0.305 e. The van der Waals surface area contributed by atoms with E-state index in [0.717, 1.165) is 12.1 Å². The highest BCUT2D eigenvalue weighted by atomic mass is 35.5. The molecule has 0 radical (unpaired) electrons. The van der Waals surface area contributed by atoms with Crippen LogP contribution < -0.4 is 5.32 Å². The van der Waals surface area contributed by atoms with Crippen LogP contribution in [0.25, 0.3) is 0 Å². The van der Waals surface area contributed by atoms with E-state index < -0.39 is 11.7 Å². The molecule has 1 aliphatic heterocycles. The van der Waals surface area contributed by atoms with Crippen molar-refractivity contribution in [2.24, 2.45) is 0 Å². The average molecular weight is 214 g/mol. The molecule has 1 N–H and O–H groups in total. The average Bonchev–Trinajstić information content (AvgIpc) is 2.49. The summed E-state index contributed by atoms with van der Waals surface area (Å²) in [7, 11) is 0. The summed E-state index contributed by atoms with van der Waals surface area (Å²) in [5.74, 6) is 0. The Bertz CT molecular complexity index is 342. The van der Waals surface area contributed by atoms with Gasteiger partial charge in [0.15, 0.2) is 0 Å².